The van der Waals surface area contributed by atoms with Crippen LogP contribution in [0.25, 0.3) is 0 Å². The van der Waals surface area contributed by atoms with Crippen molar-refractivity contribution in [1.29, 1.82) is 0 Å². The van der Waals surface area contributed by atoms with Crippen molar-refractivity contribution in [1.82, 2.24) is 20.2 Å². The van der Waals surface area contributed by atoms with Crippen molar-refractivity contribution >= 4 is 6.09 Å². The summed E-state index contributed by atoms with van der Waals surface area (Å²) in [5, 5.41) is 3.50. The summed E-state index contributed by atoms with van der Waals surface area (Å²) in [6.45, 7) is 8.12. The minimum Gasteiger partial charge on any atom is -0.444 e. The van der Waals surface area contributed by atoms with E-state index in [1.807, 2.05) is 27.0 Å². The Labute approximate surface area is 126 Å². The molecule has 1 amide bonds. The van der Waals surface area contributed by atoms with E-state index in [2.05, 4.69) is 15.3 Å². The SMILES string of the molecule is CC(C)(C)OC(=O)N1CCC(NCCCc2ncc[nH]2)C1. The summed E-state index contributed by atoms with van der Waals surface area (Å²) >= 11 is 0. The fraction of sp³-hybridized carbons (Fsp3) is 0.733. The molecular formula is C15H26N4O2. The number of amides is 1. The number of carbonyl (C=O) groups is 1. The van der Waals surface area contributed by atoms with E-state index in [0.717, 1.165) is 44.7 Å². The van der Waals surface area contributed by atoms with Crippen LogP contribution in [0.1, 0.15) is 39.4 Å². The number of ether oxygens (including phenoxy) is 1. The number of aromatic amines is 1. The smallest absolute Gasteiger partial charge is 0.410 e. The monoisotopic (exact) mass is 294 g/mol. The summed E-state index contributed by atoms with van der Waals surface area (Å²) in [5.41, 5.74) is -0.425. The maximum absolute atomic E-state index is 12.0. The second-order valence-corrected chi connectivity index (χ2v) is 6.51. The Balaban J connectivity index is 1.62. The van der Waals surface area contributed by atoms with Crippen molar-refractivity contribution in [3.63, 3.8) is 0 Å². The first-order valence-corrected chi connectivity index (χ1v) is 7.63. The predicted molar refractivity (Wildman–Crippen MR) is 81.1 cm³/mol. The quantitative estimate of drug-likeness (QED) is 0.814. The zero-order valence-electron chi connectivity index (χ0n) is 13.2. The summed E-state index contributed by atoms with van der Waals surface area (Å²) in [4.78, 5) is 21.0. The second kappa shape index (κ2) is 6.93. The number of hydrogen-bond donors (Lipinski definition) is 2. The van der Waals surface area contributed by atoms with E-state index in [-0.39, 0.29) is 6.09 Å². The van der Waals surface area contributed by atoms with Gasteiger partial charge in [-0.3, -0.25) is 0 Å². The normalized spacial score (nSPS) is 19.0. The number of likely N-dealkylation sites (tertiary alicyclic amines) is 1. The zero-order valence-corrected chi connectivity index (χ0v) is 13.2. The number of H-pyrrole nitrogens is 1. The van der Waals surface area contributed by atoms with Gasteiger partial charge in [-0.05, 0) is 40.2 Å². The van der Waals surface area contributed by atoms with Crippen LogP contribution in [0.2, 0.25) is 0 Å². The van der Waals surface area contributed by atoms with Gasteiger partial charge in [0.15, 0.2) is 0 Å². The molecule has 1 aromatic rings. The topological polar surface area (TPSA) is 70.2 Å². The fourth-order valence-corrected chi connectivity index (χ4v) is 2.42. The molecule has 1 atom stereocenters. The van der Waals surface area contributed by atoms with E-state index in [0.29, 0.717) is 6.04 Å². The average Bonchev–Trinajstić information content (AvgIpc) is 3.04. The average molecular weight is 294 g/mol. The van der Waals surface area contributed by atoms with Gasteiger partial charge in [-0.1, -0.05) is 0 Å². The molecule has 1 unspecified atom stereocenters. The molecule has 2 rings (SSSR count). The minimum atomic E-state index is -0.425. The van der Waals surface area contributed by atoms with Gasteiger partial charge in [0.2, 0.25) is 0 Å². The summed E-state index contributed by atoms with van der Waals surface area (Å²) in [6.07, 6.45) is 6.39. The number of aromatic nitrogens is 2. The van der Waals surface area contributed by atoms with Gasteiger partial charge < -0.3 is 19.9 Å². The van der Waals surface area contributed by atoms with E-state index in [4.69, 9.17) is 4.74 Å². The first-order valence-electron chi connectivity index (χ1n) is 7.63. The van der Waals surface area contributed by atoms with Crippen LogP contribution < -0.4 is 5.32 Å². The van der Waals surface area contributed by atoms with Crippen LogP contribution in [-0.2, 0) is 11.2 Å². The lowest BCUT2D eigenvalue weighted by Gasteiger charge is -2.24. The van der Waals surface area contributed by atoms with E-state index >= 15 is 0 Å². The van der Waals surface area contributed by atoms with Crippen LogP contribution >= 0.6 is 0 Å². The highest BCUT2D eigenvalue weighted by molar-refractivity contribution is 5.68. The molecule has 0 spiro atoms. The van der Waals surface area contributed by atoms with Gasteiger partial charge >= 0.3 is 6.09 Å². The van der Waals surface area contributed by atoms with Crippen molar-refractivity contribution in [3.8, 4) is 0 Å². The predicted octanol–water partition coefficient (Wildman–Crippen LogP) is 1.94. The molecular weight excluding hydrogens is 268 g/mol. The Morgan fingerprint density at radius 2 is 2.38 bits per heavy atom. The summed E-state index contributed by atoms with van der Waals surface area (Å²) in [5.74, 6) is 1.03. The van der Waals surface area contributed by atoms with Crippen LogP contribution in [0.5, 0.6) is 0 Å². The van der Waals surface area contributed by atoms with Crippen molar-refractivity contribution in [2.45, 2.75) is 51.7 Å². The Bertz CT molecular complexity index is 439. The van der Waals surface area contributed by atoms with Crippen molar-refractivity contribution < 1.29 is 9.53 Å². The highest BCUT2D eigenvalue weighted by atomic mass is 16.6. The van der Waals surface area contributed by atoms with Gasteiger partial charge in [0.05, 0.1) is 0 Å². The number of nitrogens with one attached hydrogen (secondary N) is 2. The third kappa shape index (κ3) is 5.38. The second-order valence-electron chi connectivity index (χ2n) is 6.51. The number of imidazole rings is 1. The first kappa shape index (κ1) is 15.8. The molecule has 0 bridgehead atoms. The van der Waals surface area contributed by atoms with Gasteiger partial charge in [0, 0.05) is 37.9 Å². The Kier molecular flexibility index (Phi) is 5.22. The molecule has 1 aromatic heterocycles. The largest absolute Gasteiger partial charge is 0.444 e. The van der Waals surface area contributed by atoms with E-state index < -0.39 is 5.60 Å². The van der Waals surface area contributed by atoms with Crippen LogP contribution in [0.15, 0.2) is 12.4 Å². The van der Waals surface area contributed by atoms with Gasteiger partial charge in [0.1, 0.15) is 11.4 Å². The number of carbonyl (C=O) groups excluding carboxylic acids is 1. The van der Waals surface area contributed by atoms with Gasteiger partial charge in [-0.25, -0.2) is 9.78 Å². The lowest BCUT2D eigenvalue weighted by atomic mass is 10.2. The van der Waals surface area contributed by atoms with Gasteiger partial charge in [-0.15, -0.1) is 0 Å². The van der Waals surface area contributed by atoms with Crippen LogP contribution in [-0.4, -0.2) is 52.2 Å². The third-order valence-corrected chi connectivity index (χ3v) is 3.42. The molecule has 6 nitrogen and oxygen atoms in total. The van der Waals surface area contributed by atoms with Crippen LogP contribution in [0.4, 0.5) is 4.79 Å². The molecule has 1 aliphatic rings. The maximum atomic E-state index is 12.0. The molecule has 0 aliphatic carbocycles. The zero-order chi connectivity index (χ0) is 15.3. The van der Waals surface area contributed by atoms with E-state index in [1.54, 1.807) is 11.1 Å². The molecule has 1 aliphatic heterocycles. The molecule has 0 radical (unpaired) electrons. The van der Waals surface area contributed by atoms with Crippen molar-refractivity contribution in [2.75, 3.05) is 19.6 Å². The van der Waals surface area contributed by atoms with Gasteiger partial charge in [0.25, 0.3) is 0 Å². The number of nitrogens with zero attached hydrogens (tertiary/aromatic N) is 2. The standard InChI is InChI=1S/C15H26N4O2/c1-15(2,3)21-14(20)19-10-6-12(11-19)16-7-4-5-13-17-8-9-18-13/h8-9,12,16H,4-7,10-11H2,1-3H3,(H,17,18). The molecule has 2 heterocycles. The highest BCUT2D eigenvalue weighted by Crippen LogP contribution is 2.15. The minimum absolute atomic E-state index is 0.206. The van der Waals surface area contributed by atoms with E-state index in [9.17, 15) is 4.79 Å². The molecule has 21 heavy (non-hydrogen) atoms. The molecule has 1 saturated heterocycles. The lowest BCUT2D eigenvalue weighted by molar-refractivity contribution is 0.0291. The van der Waals surface area contributed by atoms with Gasteiger partial charge in [-0.2, -0.15) is 0 Å². The molecule has 0 saturated carbocycles. The van der Waals surface area contributed by atoms with E-state index in [1.165, 1.54) is 0 Å². The van der Waals surface area contributed by atoms with Crippen molar-refractivity contribution in [2.24, 2.45) is 0 Å². The van der Waals surface area contributed by atoms with Crippen LogP contribution in [0.3, 0.4) is 0 Å². The Hall–Kier alpha value is -1.56. The molecule has 6 heteroatoms. The Morgan fingerprint density at radius 3 is 3.05 bits per heavy atom. The summed E-state index contributed by atoms with van der Waals surface area (Å²) < 4.78 is 5.39. The first-order chi connectivity index (χ1) is 9.94. The molecule has 118 valence electrons. The third-order valence-electron chi connectivity index (χ3n) is 3.42. The number of aryl methyl sites for hydroxylation is 1. The number of hydrogen-bond acceptors (Lipinski definition) is 4. The number of rotatable bonds is 5. The summed E-state index contributed by atoms with van der Waals surface area (Å²) in [6, 6.07) is 0.370. The van der Waals surface area contributed by atoms with Crippen LogP contribution in [0, 0.1) is 0 Å². The fourth-order valence-electron chi connectivity index (χ4n) is 2.42. The molecule has 1 fully saturated rings. The Morgan fingerprint density at radius 1 is 1.57 bits per heavy atom. The molecule has 2 N–H and O–H groups in total. The lowest BCUT2D eigenvalue weighted by Crippen LogP contribution is -2.38. The highest BCUT2D eigenvalue weighted by Gasteiger charge is 2.29. The maximum Gasteiger partial charge on any atom is 0.410 e. The molecule has 0 aromatic carbocycles. The van der Waals surface area contributed by atoms with Crippen molar-refractivity contribution in [3.05, 3.63) is 18.2 Å². The summed E-state index contributed by atoms with van der Waals surface area (Å²) in [7, 11) is 0.